The fourth-order valence-corrected chi connectivity index (χ4v) is 8.95. The summed E-state index contributed by atoms with van der Waals surface area (Å²) >= 11 is 0. The number of unbranched alkanes of at least 4 members (excludes halogenated alkanes) is 30. The van der Waals surface area contributed by atoms with Crippen molar-refractivity contribution in [1.82, 2.24) is 0 Å². The Morgan fingerprint density at radius 3 is 1.09 bits per heavy atom. The number of aliphatic carboxylic acids is 1. The Labute approximate surface area is 480 Å². The summed E-state index contributed by atoms with van der Waals surface area (Å²) in [6.45, 7) is 4.75. The number of carboxylic acid groups (broad SMARTS) is 1. The van der Waals surface area contributed by atoms with E-state index in [0.717, 1.165) is 96.3 Å². The maximum atomic E-state index is 12.9. The lowest BCUT2D eigenvalue weighted by Crippen LogP contribution is -2.40. The van der Waals surface area contributed by atoms with Crippen LogP contribution in [0.1, 0.15) is 277 Å². The summed E-state index contributed by atoms with van der Waals surface area (Å²) in [4.78, 5) is 37.5. The lowest BCUT2D eigenvalue weighted by Gasteiger charge is -2.25. The van der Waals surface area contributed by atoms with E-state index < -0.39 is 24.3 Å². The number of esters is 2. The van der Waals surface area contributed by atoms with Crippen LogP contribution in [0.2, 0.25) is 0 Å². The Bertz CT molecular complexity index is 1550. The molecule has 2 unspecified atom stereocenters. The fourth-order valence-electron chi connectivity index (χ4n) is 8.95. The summed E-state index contributed by atoms with van der Waals surface area (Å²) in [5.41, 5.74) is 0. The van der Waals surface area contributed by atoms with Crippen molar-refractivity contribution in [2.45, 2.75) is 289 Å². The molecule has 0 aliphatic rings. The van der Waals surface area contributed by atoms with Gasteiger partial charge in [-0.2, -0.15) is 0 Å². The van der Waals surface area contributed by atoms with Crippen molar-refractivity contribution in [2.75, 3.05) is 47.5 Å². The van der Waals surface area contributed by atoms with Gasteiger partial charge in [-0.1, -0.05) is 259 Å². The number of allylic oxidation sites excluding steroid dienone is 14. The first kappa shape index (κ1) is 74.5. The van der Waals surface area contributed by atoms with Gasteiger partial charge in [0.05, 0.1) is 34.4 Å². The van der Waals surface area contributed by atoms with Crippen LogP contribution in [-0.4, -0.2) is 87.4 Å². The number of quaternary nitrogens is 1. The second kappa shape index (κ2) is 59.6. The predicted molar refractivity (Wildman–Crippen MR) is 332 cm³/mol. The normalized spacial score (nSPS) is 13.3. The number of carbonyl (C=O) groups excluding carboxylic acids is 2. The van der Waals surface area contributed by atoms with Crippen LogP contribution in [0.25, 0.3) is 0 Å². The summed E-state index contributed by atoms with van der Waals surface area (Å²) in [5, 5.41) is 9.71. The van der Waals surface area contributed by atoms with Crippen LogP contribution < -0.4 is 0 Å². The lowest BCUT2D eigenvalue weighted by atomic mass is 10.0. The van der Waals surface area contributed by atoms with E-state index in [9.17, 15) is 19.5 Å². The third kappa shape index (κ3) is 60.1. The largest absolute Gasteiger partial charge is 0.477 e. The standard InChI is InChI=1S/C69H121NO8/c1-6-8-10-12-14-16-18-20-22-24-25-26-27-28-29-30-31-32-33-34-35-36-37-38-39-40-41-42-43-44-46-48-50-52-54-56-58-60-67(72)78-65(64-77-69(68(73)74)75-62-61-70(3,4)5)63-76-66(71)59-57-55-53-51-49-47-45-23-21-19-17-15-13-11-9-7-2/h8,10,14,16-17,19-20,22-23,25-26,28-29,45,65,69H,6-7,9,11-13,15,18,21,24,27,30-44,46-64H2,1-5H3/p+1/b10-8-,16-14-,19-17-,22-20-,26-25-,29-28-,45-23-. The van der Waals surface area contributed by atoms with Gasteiger partial charge in [-0.15, -0.1) is 0 Å². The van der Waals surface area contributed by atoms with Crippen LogP contribution in [0, 0.1) is 0 Å². The van der Waals surface area contributed by atoms with Crippen molar-refractivity contribution in [3.8, 4) is 0 Å². The monoisotopic (exact) mass is 1090 g/mol. The molecule has 0 aromatic heterocycles. The van der Waals surface area contributed by atoms with Crippen LogP contribution in [-0.2, 0) is 33.3 Å². The molecule has 0 fully saturated rings. The summed E-state index contributed by atoms with van der Waals surface area (Å²) in [5.74, 6) is -2.01. The van der Waals surface area contributed by atoms with E-state index in [1.807, 2.05) is 21.1 Å². The maximum Gasteiger partial charge on any atom is 0.361 e. The molecular weight excluding hydrogens is 971 g/mol. The molecule has 0 aromatic rings. The highest BCUT2D eigenvalue weighted by molar-refractivity contribution is 5.71. The Balaban J connectivity index is 4.04. The van der Waals surface area contributed by atoms with E-state index in [1.54, 1.807) is 0 Å². The molecule has 0 aliphatic heterocycles. The second-order valence-corrected chi connectivity index (χ2v) is 22.7. The third-order valence-corrected chi connectivity index (χ3v) is 13.9. The lowest BCUT2D eigenvalue weighted by molar-refractivity contribution is -0.870. The molecule has 0 aliphatic carbocycles. The van der Waals surface area contributed by atoms with E-state index >= 15 is 0 Å². The van der Waals surface area contributed by atoms with Gasteiger partial charge in [-0.25, -0.2) is 4.79 Å². The third-order valence-electron chi connectivity index (χ3n) is 13.9. The summed E-state index contributed by atoms with van der Waals surface area (Å²) in [6.07, 6.45) is 76.9. The summed E-state index contributed by atoms with van der Waals surface area (Å²) in [7, 11) is 5.97. The molecule has 0 amide bonds. The van der Waals surface area contributed by atoms with Crippen molar-refractivity contribution in [1.29, 1.82) is 0 Å². The second-order valence-electron chi connectivity index (χ2n) is 22.7. The number of carboxylic acids is 1. The topological polar surface area (TPSA) is 108 Å². The number of ether oxygens (including phenoxy) is 4. The molecule has 0 radical (unpaired) electrons. The molecule has 9 heteroatoms. The van der Waals surface area contributed by atoms with Crippen LogP contribution >= 0.6 is 0 Å². The molecule has 0 heterocycles. The predicted octanol–water partition coefficient (Wildman–Crippen LogP) is 19.5. The highest BCUT2D eigenvalue weighted by Crippen LogP contribution is 2.17. The number of nitrogens with zero attached hydrogens (tertiary/aromatic N) is 1. The molecule has 0 spiro atoms. The number of likely N-dealkylation sites (N-methyl/N-ethyl adjacent to an activating group) is 1. The van der Waals surface area contributed by atoms with Gasteiger partial charge < -0.3 is 28.5 Å². The highest BCUT2D eigenvalue weighted by Gasteiger charge is 2.25. The van der Waals surface area contributed by atoms with Crippen molar-refractivity contribution >= 4 is 17.9 Å². The molecule has 9 nitrogen and oxygen atoms in total. The molecule has 0 rings (SSSR count). The SMILES string of the molecule is CC/C=C\C/C=C\C/C=C\C/C=C\C/C=C\CCCCCCCCCCCCCCCCCCCCCCCC(=O)OC(COC(=O)CCCCCCC/C=C\C/C=C\CCCCCC)COC(OCC[N+](C)(C)C)C(=O)O. The summed E-state index contributed by atoms with van der Waals surface area (Å²) in [6, 6.07) is 0. The van der Waals surface area contributed by atoms with Gasteiger partial charge in [0.1, 0.15) is 13.2 Å². The number of hydrogen-bond acceptors (Lipinski definition) is 7. The van der Waals surface area contributed by atoms with E-state index in [4.69, 9.17) is 18.9 Å². The minimum Gasteiger partial charge on any atom is -0.477 e. The van der Waals surface area contributed by atoms with Gasteiger partial charge in [-0.3, -0.25) is 9.59 Å². The first-order valence-corrected chi connectivity index (χ1v) is 32.3. The molecule has 0 saturated heterocycles. The van der Waals surface area contributed by atoms with Crippen molar-refractivity contribution in [3.63, 3.8) is 0 Å². The van der Waals surface area contributed by atoms with Gasteiger partial charge in [0.2, 0.25) is 0 Å². The van der Waals surface area contributed by atoms with E-state index in [0.29, 0.717) is 11.0 Å². The summed E-state index contributed by atoms with van der Waals surface area (Å²) < 4.78 is 22.9. The Morgan fingerprint density at radius 1 is 0.397 bits per heavy atom. The zero-order valence-electron chi connectivity index (χ0n) is 51.3. The molecule has 78 heavy (non-hydrogen) atoms. The van der Waals surface area contributed by atoms with Crippen LogP contribution in [0.3, 0.4) is 0 Å². The quantitative estimate of drug-likeness (QED) is 0.0211. The van der Waals surface area contributed by atoms with Crippen LogP contribution in [0.15, 0.2) is 85.1 Å². The molecule has 2 atom stereocenters. The van der Waals surface area contributed by atoms with Gasteiger partial charge in [0.25, 0.3) is 6.29 Å². The molecule has 450 valence electrons. The Hall–Kier alpha value is -3.53. The Kier molecular flexibility index (Phi) is 56.9. The van der Waals surface area contributed by atoms with E-state index in [1.165, 1.54) is 154 Å². The van der Waals surface area contributed by atoms with E-state index in [2.05, 4.69) is 98.9 Å². The zero-order chi connectivity index (χ0) is 56.9. The number of carbonyl (C=O) groups is 3. The average molecular weight is 1090 g/mol. The van der Waals surface area contributed by atoms with Gasteiger partial charge in [0.15, 0.2) is 6.10 Å². The molecule has 0 bridgehead atoms. The van der Waals surface area contributed by atoms with Gasteiger partial charge >= 0.3 is 17.9 Å². The van der Waals surface area contributed by atoms with Gasteiger partial charge in [0, 0.05) is 12.8 Å². The number of rotatable bonds is 59. The van der Waals surface area contributed by atoms with Crippen molar-refractivity contribution in [3.05, 3.63) is 85.1 Å². The van der Waals surface area contributed by atoms with Crippen molar-refractivity contribution < 1.29 is 42.9 Å². The maximum absolute atomic E-state index is 12.9. The minimum absolute atomic E-state index is 0.184. The first-order chi connectivity index (χ1) is 38.1. The zero-order valence-corrected chi connectivity index (χ0v) is 51.3. The molecule has 0 saturated carbocycles. The first-order valence-electron chi connectivity index (χ1n) is 32.3. The minimum atomic E-state index is -1.51. The van der Waals surface area contributed by atoms with Crippen LogP contribution in [0.5, 0.6) is 0 Å². The van der Waals surface area contributed by atoms with Gasteiger partial charge in [-0.05, 0) is 89.9 Å². The number of hydrogen-bond donors (Lipinski definition) is 1. The van der Waals surface area contributed by atoms with Crippen LogP contribution in [0.4, 0.5) is 0 Å². The van der Waals surface area contributed by atoms with Crippen molar-refractivity contribution in [2.24, 2.45) is 0 Å². The smallest absolute Gasteiger partial charge is 0.361 e. The average Bonchev–Trinajstić information content (AvgIpc) is 3.41. The molecule has 1 N–H and O–H groups in total. The molecular formula is C69H122NO8+. The molecule has 0 aromatic carbocycles. The highest BCUT2D eigenvalue weighted by atomic mass is 16.7. The van der Waals surface area contributed by atoms with E-state index in [-0.39, 0.29) is 38.6 Å². The Morgan fingerprint density at radius 2 is 0.731 bits per heavy atom. The fraction of sp³-hybridized carbons (Fsp3) is 0.754.